The molecular weight excluding hydrogens is 579 g/mol. The van der Waals surface area contributed by atoms with E-state index in [1.165, 1.54) is 12.1 Å². The van der Waals surface area contributed by atoms with Crippen LogP contribution in [-0.4, -0.2) is 16.0 Å². The van der Waals surface area contributed by atoms with Crippen LogP contribution in [0.15, 0.2) is 122 Å². The lowest BCUT2D eigenvalue weighted by molar-refractivity contribution is 0.103. The maximum absolute atomic E-state index is 14.9. The zero-order valence-electron chi connectivity index (χ0n) is 20.7. The zero-order valence-corrected chi connectivity index (χ0v) is 22.4. The molecule has 0 heterocycles. The number of phenols is 2. The first kappa shape index (κ1) is 28.3. The summed E-state index contributed by atoms with van der Waals surface area (Å²) in [5.74, 6) is -8.32. The number of aromatic hydroxyl groups is 2. The maximum Gasteiger partial charge on any atom is 0.193 e. The van der Waals surface area contributed by atoms with Crippen LogP contribution in [-0.2, 0) is 10.9 Å². The van der Waals surface area contributed by atoms with Crippen LogP contribution in [0.4, 0.5) is 22.0 Å². The standard InChI is InChI=1S/C31H17F5O3S2/c32-23-12-18(29(37)17-4-2-1-3-5-17)6-11-28(23)40-19-7-9-20(10-8-19)41(21-13-24(33)30(38)25(34)14-21)22-15-26(35)31(39)27(36)16-22/h1-16H,(H-,38,39)/p+1. The Bertz CT molecular complexity index is 1660. The Kier molecular flexibility index (Phi) is 8.05. The van der Waals surface area contributed by atoms with E-state index in [4.69, 9.17) is 0 Å². The third-order valence-electron chi connectivity index (χ3n) is 5.97. The lowest BCUT2D eigenvalue weighted by Crippen LogP contribution is -2.07. The third kappa shape index (κ3) is 5.94. The molecule has 10 heteroatoms. The van der Waals surface area contributed by atoms with Gasteiger partial charge in [-0.05, 0) is 42.5 Å². The van der Waals surface area contributed by atoms with Gasteiger partial charge in [-0.15, -0.1) is 0 Å². The van der Waals surface area contributed by atoms with Gasteiger partial charge in [0.15, 0.2) is 55.2 Å². The van der Waals surface area contributed by atoms with Gasteiger partial charge < -0.3 is 10.2 Å². The molecule has 0 aromatic heterocycles. The fourth-order valence-electron chi connectivity index (χ4n) is 3.98. The molecule has 0 amide bonds. The number of phenolic OH excluding ortho intramolecular Hbond substituents is 2. The normalized spacial score (nSPS) is 11.2. The van der Waals surface area contributed by atoms with Gasteiger partial charge in [0.1, 0.15) is 5.82 Å². The van der Waals surface area contributed by atoms with E-state index in [2.05, 4.69) is 0 Å². The highest BCUT2D eigenvalue weighted by molar-refractivity contribution is 7.99. The van der Waals surface area contributed by atoms with Gasteiger partial charge in [0.05, 0.1) is 10.9 Å². The van der Waals surface area contributed by atoms with E-state index in [1.54, 1.807) is 54.6 Å². The van der Waals surface area contributed by atoms with Crippen molar-refractivity contribution in [3.05, 3.63) is 137 Å². The molecule has 0 fully saturated rings. The molecule has 0 aliphatic rings. The summed E-state index contributed by atoms with van der Waals surface area (Å²) < 4.78 is 71.9. The highest BCUT2D eigenvalue weighted by Gasteiger charge is 2.33. The van der Waals surface area contributed by atoms with Gasteiger partial charge in [-0.25, -0.2) is 22.0 Å². The zero-order chi connectivity index (χ0) is 29.3. The quantitative estimate of drug-likeness (QED) is 0.113. The van der Waals surface area contributed by atoms with Crippen molar-refractivity contribution < 1.29 is 37.0 Å². The van der Waals surface area contributed by atoms with E-state index in [0.717, 1.165) is 42.1 Å². The fourth-order valence-corrected chi connectivity index (χ4v) is 6.91. The van der Waals surface area contributed by atoms with Crippen molar-refractivity contribution in [2.24, 2.45) is 0 Å². The Hall–Kier alpha value is -4.28. The Labute approximate surface area is 238 Å². The van der Waals surface area contributed by atoms with Crippen LogP contribution in [0.2, 0.25) is 0 Å². The van der Waals surface area contributed by atoms with E-state index in [-0.39, 0.29) is 26.0 Å². The van der Waals surface area contributed by atoms with Crippen molar-refractivity contribution >= 4 is 28.4 Å². The molecule has 0 saturated heterocycles. The molecule has 2 N–H and O–H groups in total. The van der Waals surface area contributed by atoms with E-state index in [9.17, 15) is 37.0 Å². The maximum atomic E-state index is 14.9. The fraction of sp³-hybridized carbons (Fsp3) is 0. The molecule has 0 bridgehead atoms. The highest BCUT2D eigenvalue weighted by atomic mass is 32.2. The van der Waals surface area contributed by atoms with Gasteiger partial charge in [0.25, 0.3) is 0 Å². The van der Waals surface area contributed by atoms with Crippen LogP contribution in [0.5, 0.6) is 11.5 Å². The van der Waals surface area contributed by atoms with Gasteiger partial charge in [0, 0.05) is 45.2 Å². The first-order chi connectivity index (χ1) is 19.6. The SMILES string of the molecule is O=C(c1ccccc1)c1ccc(Sc2ccc([S+](c3cc(F)c(O)c(F)c3)c3cc(F)c(O)c(F)c3)cc2)c(F)c1. The average Bonchev–Trinajstić information content (AvgIpc) is 2.96. The summed E-state index contributed by atoms with van der Waals surface area (Å²) in [6.07, 6.45) is 0. The second-order valence-corrected chi connectivity index (χ2v) is 11.8. The molecule has 0 spiro atoms. The van der Waals surface area contributed by atoms with Crippen LogP contribution in [0.1, 0.15) is 15.9 Å². The van der Waals surface area contributed by atoms with Crippen LogP contribution < -0.4 is 0 Å². The first-order valence-electron chi connectivity index (χ1n) is 11.9. The van der Waals surface area contributed by atoms with Gasteiger partial charge in [-0.2, -0.15) is 0 Å². The minimum absolute atomic E-state index is 0.0209. The first-order valence-corrected chi connectivity index (χ1v) is 13.9. The number of halogens is 5. The summed E-state index contributed by atoms with van der Waals surface area (Å²) >= 11 is 1.07. The largest absolute Gasteiger partial charge is 0.503 e. The van der Waals surface area contributed by atoms with Gasteiger partial charge >= 0.3 is 0 Å². The Morgan fingerprint density at radius 1 is 0.561 bits per heavy atom. The minimum Gasteiger partial charge on any atom is -0.503 e. The van der Waals surface area contributed by atoms with Crippen molar-refractivity contribution in [3.63, 3.8) is 0 Å². The Balaban J connectivity index is 1.46. The lowest BCUT2D eigenvalue weighted by Gasteiger charge is -2.11. The van der Waals surface area contributed by atoms with Crippen LogP contribution in [0.3, 0.4) is 0 Å². The number of benzene rings is 5. The number of ketones is 1. The molecule has 5 aromatic carbocycles. The van der Waals surface area contributed by atoms with E-state index in [1.807, 2.05) is 0 Å². The summed E-state index contributed by atoms with van der Waals surface area (Å²) in [7, 11) is -1.46. The number of carbonyl (C=O) groups is 1. The number of hydrogen-bond acceptors (Lipinski definition) is 4. The molecule has 0 aliphatic carbocycles. The molecule has 0 radical (unpaired) electrons. The van der Waals surface area contributed by atoms with Gasteiger partial charge in [-0.3, -0.25) is 4.79 Å². The molecule has 206 valence electrons. The van der Waals surface area contributed by atoms with E-state index < -0.39 is 51.5 Å². The van der Waals surface area contributed by atoms with Crippen LogP contribution in [0, 0.1) is 29.1 Å². The summed E-state index contributed by atoms with van der Waals surface area (Å²) in [4.78, 5) is 13.8. The second kappa shape index (κ2) is 11.7. The molecule has 41 heavy (non-hydrogen) atoms. The lowest BCUT2D eigenvalue weighted by atomic mass is 10.0. The van der Waals surface area contributed by atoms with Crippen molar-refractivity contribution in [1.29, 1.82) is 0 Å². The second-order valence-electron chi connectivity index (χ2n) is 8.69. The highest BCUT2D eigenvalue weighted by Crippen LogP contribution is 2.38. The Morgan fingerprint density at radius 2 is 1.07 bits per heavy atom. The molecule has 0 saturated carbocycles. The minimum atomic E-state index is -1.46. The van der Waals surface area contributed by atoms with Gasteiger partial charge in [-0.1, -0.05) is 42.1 Å². The summed E-state index contributed by atoms with van der Waals surface area (Å²) in [5, 5.41) is 19.1. The molecular formula is C31H18F5O3S2+. The molecule has 0 aliphatic heterocycles. The van der Waals surface area contributed by atoms with Crippen molar-refractivity contribution in [3.8, 4) is 11.5 Å². The number of carbonyl (C=O) groups excluding carboxylic acids is 1. The van der Waals surface area contributed by atoms with Crippen molar-refractivity contribution in [2.75, 3.05) is 0 Å². The molecule has 0 unspecified atom stereocenters. The molecule has 0 atom stereocenters. The van der Waals surface area contributed by atoms with Gasteiger partial charge in [0.2, 0.25) is 0 Å². The predicted molar refractivity (Wildman–Crippen MR) is 145 cm³/mol. The number of rotatable bonds is 7. The average molecular weight is 598 g/mol. The van der Waals surface area contributed by atoms with Crippen LogP contribution >= 0.6 is 11.8 Å². The molecule has 5 aromatic rings. The molecule has 3 nitrogen and oxygen atoms in total. The monoisotopic (exact) mass is 597 g/mol. The summed E-state index contributed by atoms with van der Waals surface area (Å²) in [5.41, 5.74) is 0.624. The Morgan fingerprint density at radius 3 is 1.56 bits per heavy atom. The van der Waals surface area contributed by atoms with E-state index >= 15 is 0 Å². The third-order valence-corrected chi connectivity index (χ3v) is 9.19. The van der Waals surface area contributed by atoms with Crippen LogP contribution in [0.25, 0.3) is 0 Å². The predicted octanol–water partition coefficient (Wildman–Crippen LogP) is 8.27. The molecule has 5 rings (SSSR count). The number of hydrogen-bond donors (Lipinski definition) is 2. The van der Waals surface area contributed by atoms with Crippen molar-refractivity contribution in [1.82, 2.24) is 0 Å². The topological polar surface area (TPSA) is 57.5 Å². The van der Waals surface area contributed by atoms with E-state index in [0.29, 0.717) is 15.4 Å². The summed E-state index contributed by atoms with van der Waals surface area (Å²) in [6.45, 7) is 0. The summed E-state index contributed by atoms with van der Waals surface area (Å²) in [6, 6.07) is 22.4. The smallest absolute Gasteiger partial charge is 0.193 e. The van der Waals surface area contributed by atoms with Crippen molar-refractivity contribution in [2.45, 2.75) is 24.5 Å².